The van der Waals surface area contributed by atoms with E-state index in [9.17, 15) is 24.0 Å². The first-order valence-electron chi connectivity index (χ1n) is 11.2. The number of carbonyl (C=O) groups is 5. The molecule has 170 valence electrons. The Morgan fingerprint density at radius 2 is 1.78 bits per heavy atom. The average molecular weight is 441 g/mol. The minimum atomic E-state index is -0.956. The van der Waals surface area contributed by atoms with Gasteiger partial charge in [-0.1, -0.05) is 6.07 Å². The Morgan fingerprint density at radius 3 is 2.44 bits per heavy atom. The molecule has 0 radical (unpaired) electrons. The van der Waals surface area contributed by atoms with Crippen molar-refractivity contribution in [3.8, 4) is 0 Å². The first kappa shape index (κ1) is 22.1. The molecule has 3 aliphatic rings. The summed E-state index contributed by atoms with van der Waals surface area (Å²) in [4.78, 5) is 66.1. The summed E-state index contributed by atoms with van der Waals surface area (Å²) in [6, 6.07) is 4.19. The third kappa shape index (κ3) is 4.04. The molecule has 1 unspecified atom stereocenters. The van der Waals surface area contributed by atoms with E-state index in [0.717, 1.165) is 31.1 Å². The van der Waals surface area contributed by atoms with Gasteiger partial charge in [-0.05, 0) is 31.4 Å². The van der Waals surface area contributed by atoms with E-state index in [-0.39, 0.29) is 30.2 Å². The van der Waals surface area contributed by atoms with Crippen molar-refractivity contribution in [2.45, 2.75) is 31.7 Å². The summed E-state index contributed by atoms with van der Waals surface area (Å²) in [5.74, 6) is -0.829. The van der Waals surface area contributed by atoms with Crippen molar-refractivity contribution in [3.05, 3.63) is 29.3 Å². The summed E-state index contributed by atoms with van der Waals surface area (Å²) >= 11 is 0. The van der Waals surface area contributed by atoms with Crippen LogP contribution in [0.25, 0.3) is 0 Å². The van der Waals surface area contributed by atoms with Crippen molar-refractivity contribution in [2.24, 2.45) is 5.92 Å². The maximum absolute atomic E-state index is 13.2. The Morgan fingerprint density at radius 1 is 1.06 bits per heavy atom. The molecule has 9 nitrogen and oxygen atoms in total. The number of imide groups is 1. The third-order valence-electron chi connectivity index (χ3n) is 6.61. The van der Waals surface area contributed by atoms with Crippen molar-refractivity contribution < 1.29 is 24.0 Å². The van der Waals surface area contributed by atoms with Crippen LogP contribution in [0.1, 0.15) is 46.4 Å². The van der Waals surface area contributed by atoms with E-state index >= 15 is 0 Å². The number of aldehydes is 2. The van der Waals surface area contributed by atoms with Crippen LogP contribution in [0.4, 0.5) is 5.69 Å². The number of anilines is 1. The number of hydrogen-bond donors (Lipinski definition) is 1. The number of hydrogen-bond acceptors (Lipinski definition) is 7. The lowest BCUT2D eigenvalue weighted by Gasteiger charge is -2.37. The van der Waals surface area contributed by atoms with Crippen molar-refractivity contribution in [1.82, 2.24) is 15.1 Å². The van der Waals surface area contributed by atoms with Gasteiger partial charge in [-0.2, -0.15) is 0 Å². The summed E-state index contributed by atoms with van der Waals surface area (Å²) < 4.78 is 0. The highest BCUT2D eigenvalue weighted by molar-refractivity contribution is 6.24. The molecule has 1 aromatic rings. The normalized spacial score (nSPS) is 20.3. The summed E-state index contributed by atoms with van der Waals surface area (Å²) in [5.41, 5.74) is 1.25. The molecule has 2 saturated heterocycles. The SMILES string of the molecule is O=CCCC(C=O)N1C(=O)c2cccc(N3CCC(C(=O)N4CCNCC4)CC3)c2C1=O. The molecule has 9 heteroatoms. The van der Waals surface area contributed by atoms with Crippen LogP contribution in [0.5, 0.6) is 0 Å². The van der Waals surface area contributed by atoms with Crippen molar-refractivity contribution in [3.63, 3.8) is 0 Å². The molecule has 1 aromatic carbocycles. The van der Waals surface area contributed by atoms with Gasteiger partial charge in [0, 0.05) is 51.6 Å². The lowest BCUT2D eigenvalue weighted by atomic mass is 9.93. The van der Waals surface area contributed by atoms with Gasteiger partial charge in [0.05, 0.1) is 22.9 Å². The number of benzene rings is 1. The van der Waals surface area contributed by atoms with Crippen molar-refractivity contribution in [1.29, 1.82) is 0 Å². The van der Waals surface area contributed by atoms with Crippen LogP contribution in [-0.4, -0.2) is 85.4 Å². The zero-order valence-corrected chi connectivity index (χ0v) is 18.0. The monoisotopic (exact) mass is 440 g/mol. The van der Waals surface area contributed by atoms with Crippen LogP contribution in [0.3, 0.4) is 0 Å². The summed E-state index contributed by atoms with van der Waals surface area (Å²) in [6.45, 7) is 4.34. The van der Waals surface area contributed by atoms with E-state index in [1.807, 2.05) is 11.0 Å². The summed E-state index contributed by atoms with van der Waals surface area (Å²) in [5, 5.41) is 3.25. The van der Waals surface area contributed by atoms with E-state index in [1.165, 1.54) is 0 Å². The van der Waals surface area contributed by atoms with Crippen LogP contribution < -0.4 is 10.2 Å². The fourth-order valence-electron chi connectivity index (χ4n) is 4.86. The quantitative estimate of drug-likeness (QED) is 0.485. The second-order valence-corrected chi connectivity index (χ2v) is 8.46. The lowest BCUT2D eigenvalue weighted by Crippen LogP contribution is -2.50. The second-order valence-electron chi connectivity index (χ2n) is 8.46. The molecule has 3 amide bonds. The van der Waals surface area contributed by atoms with Crippen LogP contribution in [0.15, 0.2) is 18.2 Å². The number of piperidine rings is 1. The van der Waals surface area contributed by atoms with E-state index in [1.54, 1.807) is 12.1 Å². The molecule has 1 atom stereocenters. The number of piperazine rings is 1. The minimum Gasteiger partial charge on any atom is -0.371 e. The summed E-state index contributed by atoms with van der Waals surface area (Å²) in [6.07, 6.45) is 2.82. The molecule has 0 aromatic heterocycles. The first-order chi connectivity index (χ1) is 15.6. The Balaban J connectivity index is 1.49. The molecule has 0 bridgehead atoms. The predicted octanol–water partition coefficient (Wildman–Crippen LogP) is 0.477. The van der Waals surface area contributed by atoms with Crippen LogP contribution in [0.2, 0.25) is 0 Å². The number of amides is 3. The topological polar surface area (TPSA) is 107 Å². The zero-order chi connectivity index (χ0) is 22.7. The molecule has 32 heavy (non-hydrogen) atoms. The fourth-order valence-corrected chi connectivity index (χ4v) is 4.86. The Kier molecular flexibility index (Phi) is 6.64. The highest BCUT2D eigenvalue weighted by Gasteiger charge is 2.42. The zero-order valence-electron chi connectivity index (χ0n) is 18.0. The highest BCUT2D eigenvalue weighted by atomic mass is 16.2. The predicted molar refractivity (Wildman–Crippen MR) is 116 cm³/mol. The van der Waals surface area contributed by atoms with Crippen molar-refractivity contribution >= 4 is 36.0 Å². The van der Waals surface area contributed by atoms with Gasteiger partial charge in [-0.3, -0.25) is 19.3 Å². The maximum atomic E-state index is 13.2. The van der Waals surface area contributed by atoms with Gasteiger partial charge in [-0.15, -0.1) is 0 Å². The van der Waals surface area contributed by atoms with E-state index in [0.29, 0.717) is 49.8 Å². The maximum Gasteiger partial charge on any atom is 0.264 e. The van der Waals surface area contributed by atoms with Gasteiger partial charge >= 0.3 is 0 Å². The molecular weight excluding hydrogens is 412 g/mol. The minimum absolute atomic E-state index is 0.0299. The Labute approximate surface area is 186 Å². The molecule has 0 aliphatic carbocycles. The molecule has 0 spiro atoms. The largest absolute Gasteiger partial charge is 0.371 e. The van der Waals surface area contributed by atoms with Gasteiger partial charge in [0.2, 0.25) is 5.91 Å². The molecule has 1 N–H and O–H groups in total. The second kappa shape index (κ2) is 9.60. The van der Waals surface area contributed by atoms with Gasteiger partial charge in [0.25, 0.3) is 11.8 Å². The van der Waals surface area contributed by atoms with Gasteiger partial charge in [0.15, 0.2) is 0 Å². The number of nitrogens with one attached hydrogen (secondary N) is 1. The van der Waals surface area contributed by atoms with E-state index < -0.39 is 17.9 Å². The smallest absolute Gasteiger partial charge is 0.264 e. The Bertz CT molecular complexity index is 919. The number of rotatable bonds is 7. The molecular formula is C23H28N4O5. The first-order valence-corrected chi connectivity index (χ1v) is 11.2. The Hall–Kier alpha value is -3.07. The third-order valence-corrected chi connectivity index (χ3v) is 6.61. The molecule has 3 heterocycles. The highest BCUT2D eigenvalue weighted by Crippen LogP contribution is 2.35. The fraction of sp³-hybridized carbons (Fsp3) is 0.522. The summed E-state index contributed by atoms with van der Waals surface area (Å²) in [7, 11) is 0. The molecule has 2 fully saturated rings. The van der Waals surface area contributed by atoms with Crippen LogP contribution in [0, 0.1) is 5.92 Å². The number of nitrogens with zero attached hydrogens (tertiary/aromatic N) is 3. The van der Waals surface area contributed by atoms with Crippen molar-refractivity contribution in [2.75, 3.05) is 44.2 Å². The molecule has 3 aliphatic heterocycles. The standard InChI is InChI=1S/C23H28N4O5/c28-14-2-3-17(15-29)27-22(31)18-4-1-5-19(20(18)23(27)32)25-10-6-16(7-11-25)21(30)26-12-8-24-9-13-26/h1,4-5,14-17,24H,2-3,6-13H2. The van der Waals surface area contributed by atoms with Crippen LogP contribution >= 0.6 is 0 Å². The van der Waals surface area contributed by atoms with Gasteiger partial charge in [-0.25, -0.2) is 0 Å². The average Bonchev–Trinajstić information content (AvgIpc) is 3.10. The van der Waals surface area contributed by atoms with E-state index in [4.69, 9.17) is 0 Å². The van der Waals surface area contributed by atoms with E-state index in [2.05, 4.69) is 10.2 Å². The molecule has 0 saturated carbocycles. The number of fused-ring (bicyclic) bond motifs is 1. The lowest BCUT2D eigenvalue weighted by molar-refractivity contribution is -0.136. The van der Waals surface area contributed by atoms with Gasteiger partial charge < -0.3 is 24.7 Å². The van der Waals surface area contributed by atoms with Gasteiger partial charge in [0.1, 0.15) is 12.6 Å². The van der Waals surface area contributed by atoms with Crippen LogP contribution in [-0.2, 0) is 14.4 Å². The number of carbonyl (C=O) groups excluding carboxylic acids is 5. The molecule has 4 rings (SSSR count).